The summed E-state index contributed by atoms with van der Waals surface area (Å²) in [6, 6.07) is 0. The Hall–Kier alpha value is -0.980. The molecule has 1 atom stereocenters. The molecule has 0 spiro atoms. The van der Waals surface area contributed by atoms with Crippen LogP contribution in [0.2, 0.25) is 0 Å². The molecule has 2 rings (SSSR count). The quantitative estimate of drug-likeness (QED) is 0.825. The molecule has 1 aliphatic rings. The number of aromatic nitrogens is 3. The maximum absolute atomic E-state index is 6.05. The lowest BCUT2D eigenvalue weighted by atomic mass is 10.1. The summed E-state index contributed by atoms with van der Waals surface area (Å²) in [5, 5.41) is 8.65. The molecule has 1 fully saturated rings. The first-order valence-corrected chi connectivity index (χ1v) is 7.59. The first-order valence-electron chi connectivity index (χ1n) is 7.59. The monoisotopic (exact) mass is 296 g/mol. The SMILES string of the molecule is COC[C@@H]1CN(Cc2nnc(C(C)C)n2C)CC(C)(C)O1. The predicted octanol–water partition coefficient (Wildman–Crippen LogP) is 1.56. The third-order valence-electron chi connectivity index (χ3n) is 3.78. The highest BCUT2D eigenvalue weighted by molar-refractivity contribution is 5.00. The minimum absolute atomic E-state index is 0.108. The molecule has 0 aliphatic carbocycles. The number of hydrogen-bond donors (Lipinski definition) is 0. The van der Waals surface area contributed by atoms with Crippen LogP contribution in [-0.4, -0.2) is 58.2 Å². The smallest absolute Gasteiger partial charge is 0.146 e. The second kappa shape index (κ2) is 6.42. The standard InChI is InChI=1S/C15H28N4O2/c1-11(2)14-17-16-13(18(14)5)8-19-7-12(9-20-6)21-15(3,4)10-19/h11-12H,7-10H2,1-6H3/t12-/m0/s1. The Morgan fingerprint density at radius 2 is 2.10 bits per heavy atom. The Morgan fingerprint density at radius 1 is 1.38 bits per heavy atom. The largest absolute Gasteiger partial charge is 0.382 e. The van der Waals surface area contributed by atoms with Crippen LogP contribution in [-0.2, 0) is 23.1 Å². The predicted molar refractivity (Wildman–Crippen MR) is 81.2 cm³/mol. The number of hydrogen-bond acceptors (Lipinski definition) is 5. The van der Waals surface area contributed by atoms with Gasteiger partial charge in [-0.05, 0) is 13.8 Å². The molecular formula is C15H28N4O2. The summed E-state index contributed by atoms with van der Waals surface area (Å²) in [4.78, 5) is 2.38. The van der Waals surface area contributed by atoms with Crippen LogP contribution in [0.15, 0.2) is 0 Å². The van der Waals surface area contributed by atoms with Gasteiger partial charge in [-0.2, -0.15) is 0 Å². The minimum Gasteiger partial charge on any atom is -0.382 e. The topological polar surface area (TPSA) is 52.4 Å². The van der Waals surface area contributed by atoms with Crippen LogP contribution in [0.25, 0.3) is 0 Å². The van der Waals surface area contributed by atoms with Crippen molar-refractivity contribution < 1.29 is 9.47 Å². The van der Waals surface area contributed by atoms with E-state index in [1.165, 1.54) is 0 Å². The van der Waals surface area contributed by atoms with Gasteiger partial charge in [0, 0.05) is 33.2 Å². The van der Waals surface area contributed by atoms with E-state index in [4.69, 9.17) is 9.47 Å². The first-order chi connectivity index (χ1) is 9.82. The second-order valence-electron chi connectivity index (χ2n) is 6.81. The maximum atomic E-state index is 6.05. The van der Waals surface area contributed by atoms with Gasteiger partial charge in [-0.1, -0.05) is 13.8 Å². The number of methoxy groups -OCH3 is 1. The fraction of sp³-hybridized carbons (Fsp3) is 0.867. The van der Waals surface area contributed by atoms with E-state index in [0.29, 0.717) is 12.5 Å². The van der Waals surface area contributed by atoms with E-state index in [9.17, 15) is 0 Å². The molecule has 1 aromatic rings. The van der Waals surface area contributed by atoms with E-state index < -0.39 is 0 Å². The Bertz CT molecular complexity index is 470. The van der Waals surface area contributed by atoms with Crippen molar-refractivity contribution in [2.24, 2.45) is 7.05 Å². The van der Waals surface area contributed by atoms with Crippen molar-refractivity contribution in [3.05, 3.63) is 11.6 Å². The molecule has 1 aromatic heterocycles. The van der Waals surface area contributed by atoms with Crippen LogP contribution in [0, 0.1) is 0 Å². The molecule has 0 bridgehead atoms. The van der Waals surface area contributed by atoms with Crippen molar-refractivity contribution in [1.29, 1.82) is 0 Å². The normalized spacial score (nSPS) is 22.9. The lowest BCUT2D eigenvalue weighted by Crippen LogP contribution is -2.53. The van der Waals surface area contributed by atoms with Gasteiger partial charge in [0.2, 0.25) is 0 Å². The molecular weight excluding hydrogens is 268 g/mol. The van der Waals surface area contributed by atoms with Gasteiger partial charge in [0.05, 0.1) is 24.9 Å². The molecule has 1 aliphatic heterocycles. The molecule has 0 saturated carbocycles. The van der Waals surface area contributed by atoms with E-state index in [0.717, 1.165) is 31.3 Å². The van der Waals surface area contributed by atoms with Crippen molar-refractivity contribution >= 4 is 0 Å². The molecule has 0 unspecified atom stereocenters. The minimum atomic E-state index is -0.166. The fourth-order valence-corrected chi connectivity index (χ4v) is 3.03. The average Bonchev–Trinajstić information content (AvgIpc) is 2.69. The van der Waals surface area contributed by atoms with Gasteiger partial charge in [0.15, 0.2) is 0 Å². The van der Waals surface area contributed by atoms with E-state index in [2.05, 4.69) is 47.4 Å². The summed E-state index contributed by atoms with van der Waals surface area (Å²) in [7, 11) is 3.76. The van der Waals surface area contributed by atoms with E-state index in [1.54, 1.807) is 7.11 Å². The Balaban J connectivity index is 2.07. The van der Waals surface area contributed by atoms with E-state index >= 15 is 0 Å². The highest BCUT2D eigenvalue weighted by Crippen LogP contribution is 2.23. The zero-order chi connectivity index (χ0) is 15.6. The summed E-state index contributed by atoms with van der Waals surface area (Å²) in [6.45, 7) is 11.7. The highest BCUT2D eigenvalue weighted by atomic mass is 16.5. The molecule has 1 saturated heterocycles. The van der Waals surface area contributed by atoms with E-state index in [-0.39, 0.29) is 11.7 Å². The van der Waals surface area contributed by atoms with Gasteiger partial charge in [-0.15, -0.1) is 10.2 Å². The molecule has 0 amide bonds. The second-order valence-corrected chi connectivity index (χ2v) is 6.81. The van der Waals surface area contributed by atoms with E-state index in [1.807, 2.05) is 7.05 Å². The van der Waals surface area contributed by atoms with Crippen LogP contribution >= 0.6 is 0 Å². The van der Waals surface area contributed by atoms with Crippen LogP contribution in [0.5, 0.6) is 0 Å². The summed E-state index contributed by atoms with van der Waals surface area (Å²) < 4.78 is 13.4. The maximum Gasteiger partial charge on any atom is 0.146 e. The number of nitrogens with zero attached hydrogens (tertiary/aromatic N) is 4. The molecule has 0 radical (unpaired) electrons. The molecule has 0 N–H and O–H groups in total. The van der Waals surface area contributed by atoms with Crippen molar-refractivity contribution in [1.82, 2.24) is 19.7 Å². The van der Waals surface area contributed by atoms with Gasteiger partial charge >= 0.3 is 0 Å². The number of morpholine rings is 1. The zero-order valence-electron chi connectivity index (χ0n) is 14.1. The summed E-state index contributed by atoms with van der Waals surface area (Å²) in [5.74, 6) is 2.43. The lowest BCUT2D eigenvalue weighted by molar-refractivity contribution is -0.154. The number of ether oxygens (including phenoxy) is 2. The van der Waals surface area contributed by atoms with Crippen molar-refractivity contribution in [3.63, 3.8) is 0 Å². The van der Waals surface area contributed by atoms with Gasteiger partial charge in [0.25, 0.3) is 0 Å². The molecule has 21 heavy (non-hydrogen) atoms. The van der Waals surface area contributed by atoms with Crippen molar-refractivity contribution in [3.8, 4) is 0 Å². The third kappa shape index (κ3) is 4.02. The summed E-state index contributed by atoms with van der Waals surface area (Å²) in [5.41, 5.74) is -0.166. The van der Waals surface area contributed by atoms with Gasteiger partial charge < -0.3 is 14.0 Å². The molecule has 120 valence electrons. The molecule has 6 nitrogen and oxygen atoms in total. The fourth-order valence-electron chi connectivity index (χ4n) is 3.03. The molecule has 6 heteroatoms. The van der Waals surface area contributed by atoms with Crippen molar-refractivity contribution in [2.45, 2.75) is 51.9 Å². The van der Waals surface area contributed by atoms with Crippen molar-refractivity contribution in [2.75, 3.05) is 26.8 Å². The van der Waals surface area contributed by atoms with Crippen LogP contribution in [0.4, 0.5) is 0 Å². The van der Waals surface area contributed by atoms with Crippen LogP contribution in [0.1, 0.15) is 45.3 Å². The molecule has 0 aromatic carbocycles. The van der Waals surface area contributed by atoms with Crippen LogP contribution in [0.3, 0.4) is 0 Å². The lowest BCUT2D eigenvalue weighted by Gasteiger charge is -2.42. The Labute approximate surface area is 127 Å². The summed E-state index contributed by atoms with van der Waals surface area (Å²) in [6.07, 6.45) is 0.108. The van der Waals surface area contributed by atoms with Gasteiger partial charge in [-0.3, -0.25) is 4.90 Å². The highest BCUT2D eigenvalue weighted by Gasteiger charge is 2.34. The molecule has 2 heterocycles. The summed E-state index contributed by atoms with van der Waals surface area (Å²) >= 11 is 0. The van der Waals surface area contributed by atoms with Gasteiger partial charge in [0.1, 0.15) is 11.6 Å². The average molecular weight is 296 g/mol. The van der Waals surface area contributed by atoms with Crippen LogP contribution < -0.4 is 0 Å². The Kier molecular flexibility index (Phi) is 5.01. The number of rotatable bonds is 5. The first kappa shape index (κ1) is 16.4. The zero-order valence-corrected chi connectivity index (χ0v) is 14.1. The third-order valence-corrected chi connectivity index (χ3v) is 3.78. The van der Waals surface area contributed by atoms with Gasteiger partial charge in [-0.25, -0.2) is 0 Å². The Morgan fingerprint density at radius 3 is 2.67 bits per heavy atom.